The topological polar surface area (TPSA) is 49.9 Å². The van der Waals surface area contributed by atoms with E-state index >= 15 is 0 Å². The Morgan fingerprint density at radius 3 is 2.88 bits per heavy atom. The van der Waals surface area contributed by atoms with Gasteiger partial charge in [0.05, 0.1) is 0 Å². The van der Waals surface area contributed by atoms with Gasteiger partial charge in [-0.1, -0.05) is 24.3 Å². The number of carbonyl (C=O) groups excluding carboxylic acids is 2. The second kappa shape index (κ2) is 4.57. The molecule has 0 amide bonds. The molecular formula is C13H11NO2. The van der Waals surface area contributed by atoms with Crippen LogP contribution in [0.3, 0.4) is 0 Å². The summed E-state index contributed by atoms with van der Waals surface area (Å²) in [5.74, 6) is 0. The highest BCUT2D eigenvalue weighted by Gasteiger charge is 2.01. The lowest BCUT2D eigenvalue weighted by Gasteiger charge is -1.94. The second-order valence-corrected chi connectivity index (χ2v) is 3.47. The predicted octanol–water partition coefficient (Wildman–Crippen LogP) is 2.58. The molecule has 3 nitrogen and oxygen atoms in total. The molecule has 80 valence electrons. The van der Waals surface area contributed by atoms with Gasteiger partial charge in [0.15, 0.2) is 6.29 Å². The van der Waals surface area contributed by atoms with Gasteiger partial charge in [-0.25, -0.2) is 0 Å². The van der Waals surface area contributed by atoms with Gasteiger partial charge in [0.2, 0.25) is 0 Å². The number of nitrogens with one attached hydrogen (secondary N) is 1. The molecule has 0 bridgehead atoms. The third-order valence-electron chi connectivity index (χ3n) is 2.41. The Bertz CT molecular complexity index is 552. The molecule has 0 aliphatic rings. The molecule has 0 aliphatic heterocycles. The number of H-pyrrole nitrogens is 1. The predicted molar refractivity (Wildman–Crippen MR) is 63.4 cm³/mol. The van der Waals surface area contributed by atoms with Gasteiger partial charge in [0.1, 0.15) is 6.29 Å². The molecule has 1 aromatic carbocycles. The van der Waals surface area contributed by atoms with E-state index in [1.165, 1.54) is 0 Å². The van der Waals surface area contributed by atoms with Crippen LogP contribution in [0.1, 0.15) is 22.3 Å². The molecule has 0 unspecified atom stereocenters. The number of carbonyl (C=O) groups is 2. The second-order valence-electron chi connectivity index (χ2n) is 3.47. The fourth-order valence-electron chi connectivity index (χ4n) is 1.63. The molecule has 0 fully saturated rings. The van der Waals surface area contributed by atoms with Crippen LogP contribution in [0, 0.1) is 0 Å². The zero-order valence-electron chi connectivity index (χ0n) is 8.64. The Morgan fingerprint density at radius 2 is 2.12 bits per heavy atom. The molecular weight excluding hydrogens is 202 g/mol. The number of allylic oxidation sites excluding steroid dienone is 1. The summed E-state index contributed by atoms with van der Waals surface area (Å²) in [7, 11) is 0. The van der Waals surface area contributed by atoms with Crippen LogP contribution in [0.5, 0.6) is 0 Å². The van der Waals surface area contributed by atoms with Crippen molar-refractivity contribution in [2.45, 2.75) is 6.42 Å². The van der Waals surface area contributed by atoms with Crippen LogP contribution in [0.25, 0.3) is 17.0 Å². The molecule has 2 aromatic rings. The minimum Gasteiger partial charge on any atom is -0.360 e. The zero-order valence-corrected chi connectivity index (χ0v) is 8.64. The van der Waals surface area contributed by atoms with Crippen molar-refractivity contribution in [1.82, 2.24) is 4.98 Å². The van der Waals surface area contributed by atoms with Crippen LogP contribution >= 0.6 is 0 Å². The van der Waals surface area contributed by atoms with Gasteiger partial charge in [-0.05, 0) is 11.6 Å². The third-order valence-corrected chi connectivity index (χ3v) is 2.41. The number of hydrogen-bond donors (Lipinski definition) is 1. The first kappa shape index (κ1) is 10.4. The molecule has 0 atom stereocenters. The van der Waals surface area contributed by atoms with Gasteiger partial charge in [-0.2, -0.15) is 0 Å². The summed E-state index contributed by atoms with van der Waals surface area (Å²) in [6.07, 6.45) is 7.49. The van der Waals surface area contributed by atoms with E-state index in [4.69, 9.17) is 0 Å². The molecule has 0 saturated carbocycles. The lowest BCUT2D eigenvalue weighted by Crippen LogP contribution is -1.76. The smallest absolute Gasteiger partial charge is 0.152 e. The average molecular weight is 213 g/mol. The number of rotatable bonds is 4. The molecule has 3 heteroatoms. The van der Waals surface area contributed by atoms with E-state index in [9.17, 15) is 9.59 Å². The summed E-state index contributed by atoms with van der Waals surface area (Å²) in [6.45, 7) is 0. The Hall–Kier alpha value is -2.16. The molecule has 0 radical (unpaired) electrons. The summed E-state index contributed by atoms with van der Waals surface area (Å²) < 4.78 is 0. The van der Waals surface area contributed by atoms with Crippen molar-refractivity contribution >= 4 is 29.6 Å². The van der Waals surface area contributed by atoms with Crippen molar-refractivity contribution in [1.29, 1.82) is 0 Å². The van der Waals surface area contributed by atoms with Crippen molar-refractivity contribution in [2.24, 2.45) is 0 Å². The number of fused-ring (bicyclic) bond motifs is 1. The Kier molecular flexibility index (Phi) is 2.96. The standard InChI is InChI=1S/C13H11NO2/c15-6-2-1-3-10-4-5-12-11(9-16)8-14-13(12)7-10/h1,3-9,14H,2H2. The third kappa shape index (κ3) is 1.93. The molecule has 1 heterocycles. The number of aromatic amines is 1. The summed E-state index contributed by atoms with van der Waals surface area (Å²) in [4.78, 5) is 23.9. The van der Waals surface area contributed by atoms with Crippen LogP contribution < -0.4 is 0 Å². The first-order valence-electron chi connectivity index (χ1n) is 5.01. The van der Waals surface area contributed by atoms with Gasteiger partial charge in [0.25, 0.3) is 0 Å². The maximum Gasteiger partial charge on any atom is 0.152 e. The SMILES string of the molecule is O=CCC=Cc1ccc2c(C=O)c[nH]c2c1. The lowest BCUT2D eigenvalue weighted by molar-refractivity contribution is -0.107. The van der Waals surface area contributed by atoms with E-state index in [-0.39, 0.29) is 0 Å². The quantitative estimate of drug-likeness (QED) is 0.793. The number of hydrogen-bond acceptors (Lipinski definition) is 2. The fraction of sp³-hybridized carbons (Fsp3) is 0.0769. The highest BCUT2D eigenvalue weighted by Crippen LogP contribution is 2.18. The van der Waals surface area contributed by atoms with Crippen molar-refractivity contribution in [3.8, 4) is 0 Å². The Balaban J connectivity index is 2.37. The lowest BCUT2D eigenvalue weighted by atomic mass is 10.1. The van der Waals surface area contributed by atoms with E-state index in [1.54, 1.807) is 12.3 Å². The van der Waals surface area contributed by atoms with Gasteiger partial charge < -0.3 is 9.78 Å². The minimum absolute atomic E-state index is 0.419. The first-order valence-corrected chi connectivity index (χ1v) is 5.01. The summed E-state index contributed by atoms with van der Waals surface area (Å²) >= 11 is 0. The van der Waals surface area contributed by atoms with E-state index in [1.807, 2.05) is 24.3 Å². The van der Waals surface area contributed by atoms with Crippen LogP contribution in [0.2, 0.25) is 0 Å². The molecule has 1 aromatic heterocycles. The molecule has 0 spiro atoms. The van der Waals surface area contributed by atoms with Gasteiger partial charge in [0, 0.05) is 29.1 Å². The molecule has 1 N–H and O–H groups in total. The molecule has 0 saturated heterocycles. The van der Waals surface area contributed by atoms with Crippen molar-refractivity contribution in [3.05, 3.63) is 41.6 Å². The maximum absolute atomic E-state index is 10.7. The van der Waals surface area contributed by atoms with Crippen molar-refractivity contribution in [2.75, 3.05) is 0 Å². The molecule has 16 heavy (non-hydrogen) atoms. The summed E-state index contributed by atoms with van der Waals surface area (Å²) in [6, 6.07) is 5.77. The van der Waals surface area contributed by atoms with E-state index in [0.717, 1.165) is 29.0 Å². The average Bonchev–Trinajstić information content (AvgIpc) is 2.71. The Labute approximate surface area is 92.8 Å². The first-order chi connectivity index (χ1) is 7.85. The Morgan fingerprint density at radius 1 is 1.25 bits per heavy atom. The van der Waals surface area contributed by atoms with Crippen molar-refractivity contribution < 1.29 is 9.59 Å². The molecule has 2 rings (SSSR count). The van der Waals surface area contributed by atoms with Crippen LogP contribution in [0.15, 0.2) is 30.5 Å². The van der Waals surface area contributed by atoms with E-state index in [0.29, 0.717) is 12.0 Å². The monoisotopic (exact) mass is 213 g/mol. The zero-order chi connectivity index (χ0) is 11.4. The van der Waals surface area contributed by atoms with Crippen LogP contribution in [-0.4, -0.2) is 17.6 Å². The van der Waals surface area contributed by atoms with E-state index < -0.39 is 0 Å². The number of aldehydes is 2. The van der Waals surface area contributed by atoms with Crippen LogP contribution in [-0.2, 0) is 4.79 Å². The highest BCUT2D eigenvalue weighted by atomic mass is 16.1. The van der Waals surface area contributed by atoms with Crippen LogP contribution in [0.4, 0.5) is 0 Å². The highest BCUT2D eigenvalue weighted by molar-refractivity contribution is 5.97. The van der Waals surface area contributed by atoms with Gasteiger partial charge in [-0.15, -0.1) is 0 Å². The number of aromatic nitrogens is 1. The summed E-state index contributed by atoms with van der Waals surface area (Å²) in [5, 5.41) is 0.919. The van der Waals surface area contributed by atoms with Crippen molar-refractivity contribution in [3.63, 3.8) is 0 Å². The normalized spacial score (nSPS) is 11.0. The number of benzene rings is 1. The molecule has 0 aliphatic carbocycles. The maximum atomic E-state index is 10.7. The largest absolute Gasteiger partial charge is 0.360 e. The van der Waals surface area contributed by atoms with E-state index in [2.05, 4.69) is 4.98 Å². The fourth-order valence-corrected chi connectivity index (χ4v) is 1.63. The van der Waals surface area contributed by atoms with Gasteiger partial charge in [-0.3, -0.25) is 4.79 Å². The van der Waals surface area contributed by atoms with Gasteiger partial charge >= 0.3 is 0 Å². The minimum atomic E-state index is 0.419. The summed E-state index contributed by atoms with van der Waals surface area (Å²) in [5.41, 5.74) is 2.60.